The summed E-state index contributed by atoms with van der Waals surface area (Å²) in [4.78, 5) is 14.1. The zero-order valence-corrected chi connectivity index (χ0v) is 12.0. The molecule has 1 heterocycles. The maximum Gasteiger partial charge on any atom is 0.311 e. The molecule has 0 aliphatic rings. The molecule has 0 aliphatic heterocycles. The molecule has 0 bridgehead atoms. The van der Waals surface area contributed by atoms with Crippen molar-refractivity contribution >= 4 is 17.3 Å². The van der Waals surface area contributed by atoms with Gasteiger partial charge in [-0.15, -0.1) is 0 Å². The number of nitro groups is 1. The fourth-order valence-corrected chi connectivity index (χ4v) is 1.93. The Morgan fingerprint density at radius 3 is 2.43 bits per heavy atom. The van der Waals surface area contributed by atoms with E-state index in [0.29, 0.717) is 18.3 Å². The van der Waals surface area contributed by atoms with Crippen molar-refractivity contribution in [2.45, 2.75) is 26.3 Å². The first kappa shape index (κ1) is 14.8. The fourth-order valence-electron chi connectivity index (χ4n) is 1.93. The third kappa shape index (κ3) is 3.68. The SMILES string of the molecule is CC(C)c1ccc(CNc2ccc([N+](=O)[O-])c(N)n2)cc1. The van der Waals surface area contributed by atoms with Crippen molar-refractivity contribution in [2.75, 3.05) is 11.1 Å². The Morgan fingerprint density at radius 2 is 1.90 bits per heavy atom. The second-order valence-corrected chi connectivity index (χ2v) is 5.11. The van der Waals surface area contributed by atoms with Crippen molar-refractivity contribution in [3.63, 3.8) is 0 Å². The minimum atomic E-state index is -0.545. The normalized spacial score (nSPS) is 10.6. The second-order valence-electron chi connectivity index (χ2n) is 5.11. The first-order chi connectivity index (χ1) is 9.97. The number of nitrogens with one attached hydrogen (secondary N) is 1. The Bertz CT molecular complexity index is 639. The van der Waals surface area contributed by atoms with Gasteiger partial charge in [0, 0.05) is 12.6 Å². The summed E-state index contributed by atoms with van der Waals surface area (Å²) in [5.74, 6) is 0.939. The lowest BCUT2D eigenvalue weighted by Gasteiger charge is -2.09. The molecule has 0 unspecified atom stereocenters. The number of pyridine rings is 1. The summed E-state index contributed by atoms with van der Waals surface area (Å²) in [7, 11) is 0. The molecule has 110 valence electrons. The van der Waals surface area contributed by atoms with Gasteiger partial charge in [0.15, 0.2) is 0 Å². The van der Waals surface area contributed by atoms with Crippen LogP contribution in [-0.4, -0.2) is 9.91 Å². The summed E-state index contributed by atoms with van der Waals surface area (Å²) >= 11 is 0. The maximum absolute atomic E-state index is 10.7. The highest BCUT2D eigenvalue weighted by Gasteiger charge is 2.12. The number of hydrogen-bond acceptors (Lipinski definition) is 5. The molecule has 21 heavy (non-hydrogen) atoms. The Kier molecular flexibility index (Phi) is 4.37. The van der Waals surface area contributed by atoms with Crippen LogP contribution in [0.25, 0.3) is 0 Å². The quantitative estimate of drug-likeness (QED) is 0.649. The van der Waals surface area contributed by atoms with E-state index in [9.17, 15) is 10.1 Å². The van der Waals surface area contributed by atoms with Crippen molar-refractivity contribution < 1.29 is 4.92 Å². The van der Waals surface area contributed by atoms with Gasteiger partial charge < -0.3 is 11.1 Å². The number of anilines is 2. The van der Waals surface area contributed by atoms with Crippen LogP contribution in [0.2, 0.25) is 0 Å². The third-order valence-electron chi connectivity index (χ3n) is 3.22. The molecule has 1 aromatic carbocycles. The number of benzene rings is 1. The van der Waals surface area contributed by atoms with Crippen molar-refractivity contribution in [3.05, 3.63) is 57.6 Å². The molecule has 0 atom stereocenters. The van der Waals surface area contributed by atoms with Gasteiger partial charge in [-0.25, -0.2) is 4.98 Å². The largest absolute Gasteiger partial charge is 0.378 e. The van der Waals surface area contributed by atoms with E-state index in [1.54, 1.807) is 6.07 Å². The van der Waals surface area contributed by atoms with Crippen molar-refractivity contribution in [3.8, 4) is 0 Å². The Labute approximate surface area is 123 Å². The minimum Gasteiger partial charge on any atom is -0.378 e. The molecule has 0 saturated carbocycles. The zero-order chi connectivity index (χ0) is 15.4. The number of nitrogen functional groups attached to an aromatic ring is 1. The number of nitrogens with zero attached hydrogens (tertiary/aromatic N) is 2. The van der Waals surface area contributed by atoms with Crippen LogP contribution in [0.5, 0.6) is 0 Å². The van der Waals surface area contributed by atoms with E-state index in [1.165, 1.54) is 11.6 Å². The van der Waals surface area contributed by atoms with Gasteiger partial charge >= 0.3 is 5.69 Å². The van der Waals surface area contributed by atoms with E-state index in [2.05, 4.69) is 48.4 Å². The Balaban J connectivity index is 2.03. The van der Waals surface area contributed by atoms with Crippen LogP contribution in [0.1, 0.15) is 30.9 Å². The summed E-state index contributed by atoms with van der Waals surface area (Å²) in [6, 6.07) is 11.2. The smallest absolute Gasteiger partial charge is 0.311 e. The lowest BCUT2D eigenvalue weighted by molar-refractivity contribution is -0.384. The maximum atomic E-state index is 10.7. The highest BCUT2D eigenvalue weighted by Crippen LogP contribution is 2.21. The van der Waals surface area contributed by atoms with Crippen LogP contribution < -0.4 is 11.1 Å². The van der Waals surface area contributed by atoms with E-state index in [4.69, 9.17) is 5.73 Å². The summed E-state index contributed by atoms with van der Waals surface area (Å²) in [6.45, 7) is 4.89. The van der Waals surface area contributed by atoms with Gasteiger partial charge in [0.25, 0.3) is 0 Å². The lowest BCUT2D eigenvalue weighted by atomic mass is 10.0. The number of nitrogens with two attached hydrogens (primary N) is 1. The summed E-state index contributed by atoms with van der Waals surface area (Å²) in [6.07, 6.45) is 0. The topological polar surface area (TPSA) is 94.1 Å². The molecule has 2 rings (SSSR count). The lowest BCUT2D eigenvalue weighted by Crippen LogP contribution is -2.05. The molecule has 0 saturated heterocycles. The molecule has 3 N–H and O–H groups in total. The standard InChI is InChI=1S/C15H18N4O2/c1-10(2)12-5-3-11(4-6-12)9-17-14-8-7-13(19(20)21)15(16)18-14/h3-8,10H,9H2,1-2H3,(H3,16,17,18). The predicted octanol–water partition coefficient (Wildman–Crippen LogP) is 3.31. The molecule has 6 nitrogen and oxygen atoms in total. The highest BCUT2D eigenvalue weighted by molar-refractivity contribution is 5.57. The summed E-state index contributed by atoms with van der Waals surface area (Å²) in [5, 5.41) is 13.8. The van der Waals surface area contributed by atoms with E-state index in [0.717, 1.165) is 5.56 Å². The van der Waals surface area contributed by atoms with Crippen molar-refractivity contribution in [1.82, 2.24) is 4.98 Å². The molecule has 1 aromatic heterocycles. The van der Waals surface area contributed by atoms with Gasteiger partial charge in [-0.2, -0.15) is 0 Å². The van der Waals surface area contributed by atoms with Gasteiger partial charge in [-0.3, -0.25) is 10.1 Å². The molecular formula is C15H18N4O2. The first-order valence-electron chi connectivity index (χ1n) is 6.71. The van der Waals surface area contributed by atoms with Gasteiger partial charge in [0.1, 0.15) is 5.82 Å². The first-order valence-corrected chi connectivity index (χ1v) is 6.71. The average molecular weight is 286 g/mol. The molecule has 0 amide bonds. The molecule has 0 spiro atoms. The van der Waals surface area contributed by atoms with Gasteiger partial charge in [-0.1, -0.05) is 38.1 Å². The van der Waals surface area contributed by atoms with Crippen LogP contribution in [-0.2, 0) is 6.54 Å². The molecule has 6 heteroatoms. The number of aromatic nitrogens is 1. The van der Waals surface area contributed by atoms with E-state index >= 15 is 0 Å². The van der Waals surface area contributed by atoms with Crippen LogP contribution in [0.15, 0.2) is 36.4 Å². The minimum absolute atomic E-state index is 0.0832. The monoisotopic (exact) mass is 286 g/mol. The Morgan fingerprint density at radius 1 is 1.24 bits per heavy atom. The van der Waals surface area contributed by atoms with Crippen LogP contribution in [0, 0.1) is 10.1 Å². The fraction of sp³-hybridized carbons (Fsp3) is 0.267. The van der Waals surface area contributed by atoms with Gasteiger partial charge in [0.05, 0.1) is 4.92 Å². The highest BCUT2D eigenvalue weighted by atomic mass is 16.6. The molecular weight excluding hydrogens is 268 g/mol. The van der Waals surface area contributed by atoms with Crippen LogP contribution in [0.4, 0.5) is 17.3 Å². The summed E-state index contributed by atoms with van der Waals surface area (Å²) < 4.78 is 0. The van der Waals surface area contributed by atoms with E-state index in [1.807, 2.05) is 0 Å². The molecule has 2 aromatic rings. The third-order valence-corrected chi connectivity index (χ3v) is 3.22. The van der Waals surface area contributed by atoms with E-state index in [-0.39, 0.29) is 11.5 Å². The van der Waals surface area contributed by atoms with Crippen LogP contribution >= 0.6 is 0 Å². The number of rotatable bonds is 5. The van der Waals surface area contributed by atoms with Gasteiger partial charge in [-0.05, 0) is 23.1 Å². The predicted molar refractivity (Wildman–Crippen MR) is 83.2 cm³/mol. The molecule has 0 fully saturated rings. The van der Waals surface area contributed by atoms with Crippen molar-refractivity contribution in [1.29, 1.82) is 0 Å². The molecule has 0 aliphatic carbocycles. The molecule has 0 radical (unpaired) electrons. The summed E-state index contributed by atoms with van der Waals surface area (Å²) in [5.41, 5.74) is 7.77. The zero-order valence-electron chi connectivity index (χ0n) is 12.0. The van der Waals surface area contributed by atoms with Gasteiger partial charge in [0.2, 0.25) is 5.82 Å². The second kappa shape index (κ2) is 6.21. The average Bonchev–Trinajstić information content (AvgIpc) is 2.45. The number of hydrogen-bond donors (Lipinski definition) is 2. The van der Waals surface area contributed by atoms with Crippen molar-refractivity contribution in [2.24, 2.45) is 0 Å². The van der Waals surface area contributed by atoms with Crippen LogP contribution in [0.3, 0.4) is 0 Å². The Hall–Kier alpha value is -2.63. The van der Waals surface area contributed by atoms with E-state index < -0.39 is 4.92 Å².